The number of rotatable bonds is 3. The van der Waals surface area contributed by atoms with Gasteiger partial charge in [-0.2, -0.15) is 0 Å². The van der Waals surface area contributed by atoms with Crippen LogP contribution in [0.3, 0.4) is 0 Å². The standard InChI is InChI=1S/C15H15ClN4O2/c16-10-3-1-9(2-4-10)13-7-20-12(8-22-13)14(18-19-20)15(21)17-11-5-6-11/h1-4,11,13H,5-8H2,(H,17,21). The van der Waals surface area contributed by atoms with Gasteiger partial charge in [-0.05, 0) is 30.5 Å². The molecule has 1 atom stereocenters. The highest BCUT2D eigenvalue weighted by Gasteiger charge is 2.30. The van der Waals surface area contributed by atoms with E-state index < -0.39 is 0 Å². The zero-order valence-electron chi connectivity index (χ0n) is 11.8. The van der Waals surface area contributed by atoms with E-state index in [9.17, 15) is 4.79 Å². The van der Waals surface area contributed by atoms with Crippen LogP contribution >= 0.6 is 11.6 Å². The maximum Gasteiger partial charge on any atom is 0.274 e. The first-order valence-electron chi connectivity index (χ1n) is 7.31. The lowest BCUT2D eigenvalue weighted by Crippen LogP contribution is -2.28. The van der Waals surface area contributed by atoms with Crippen molar-refractivity contribution in [2.24, 2.45) is 0 Å². The van der Waals surface area contributed by atoms with Gasteiger partial charge in [0.25, 0.3) is 5.91 Å². The van der Waals surface area contributed by atoms with Gasteiger partial charge in [0.1, 0.15) is 6.10 Å². The maximum absolute atomic E-state index is 12.1. The third-order valence-electron chi connectivity index (χ3n) is 3.97. The number of ether oxygens (including phenoxy) is 1. The summed E-state index contributed by atoms with van der Waals surface area (Å²) >= 11 is 5.90. The molecule has 1 N–H and O–H groups in total. The van der Waals surface area contributed by atoms with E-state index in [4.69, 9.17) is 16.3 Å². The molecule has 2 aliphatic rings. The molecule has 1 fully saturated rings. The Hall–Kier alpha value is -1.92. The average Bonchev–Trinajstić information content (AvgIpc) is 3.23. The van der Waals surface area contributed by atoms with E-state index in [1.807, 2.05) is 24.3 Å². The number of amides is 1. The van der Waals surface area contributed by atoms with Crippen LogP contribution in [0.15, 0.2) is 24.3 Å². The molecule has 7 heteroatoms. The van der Waals surface area contributed by atoms with Crippen LogP contribution < -0.4 is 5.32 Å². The first-order chi connectivity index (χ1) is 10.7. The van der Waals surface area contributed by atoms with Crippen molar-refractivity contribution >= 4 is 17.5 Å². The molecule has 1 aromatic carbocycles. The van der Waals surface area contributed by atoms with Gasteiger partial charge in [0.2, 0.25) is 0 Å². The highest BCUT2D eigenvalue weighted by atomic mass is 35.5. The molecule has 0 spiro atoms. The fourth-order valence-electron chi connectivity index (χ4n) is 2.55. The summed E-state index contributed by atoms with van der Waals surface area (Å²) in [7, 11) is 0. The number of nitrogens with zero attached hydrogens (tertiary/aromatic N) is 3. The van der Waals surface area contributed by atoms with Crippen molar-refractivity contribution in [1.29, 1.82) is 0 Å². The van der Waals surface area contributed by atoms with Crippen LogP contribution in [0, 0.1) is 0 Å². The van der Waals surface area contributed by atoms with Crippen LogP contribution in [0.4, 0.5) is 0 Å². The van der Waals surface area contributed by atoms with Crippen molar-refractivity contribution in [3.8, 4) is 0 Å². The number of hydrogen-bond donors (Lipinski definition) is 1. The quantitative estimate of drug-likeness (QED) is 0.941. The molecule has 114 valence electrons. The largest absolute Gasteiger partial charge is 0.365 e. The van der Waals surface area contributed by atoms with Gasteiger partial charge in [-0.25, -0.2) is 4.68 Å². The second-order valence-corrected chi connectivity index (χ2v) is 6.10. The molecule has 1 amide bonds. The summed E-state index contributed by atoms with van der Waals surface area (Å²) in [6, 6.07) is 7.86. The summed E-state index contributed by atoms with van der Waals surface area (Å²) in [6.07, 6.45) is 1.99. The molecule has 1 aliphatic carbocycles. The number of benzene rings is 1. The lowest BCUT2D eigenvalue weighted by molar-refractivity contribution is -0.00177. The van der Waals surface area contributed by atoms with Crippen LogP contribution in [0.5, 0.6) is 0 Å². The molecular weight excluding hydrogens is 304 g/mol. The minimum absolute atomic E-state index is 0.106. The van der Waals surface area contributed by atoms with Gasteiger partial charge in [0, 0.05) is 11.1 Å². The molecule has 1 unspecified atom stereocenters. The van der Waals surface area contributed by atoms with Gasteiger partial charge in [0.15, 0.2) is 5.69 Å². The summed E-state index contributed by atoms with van der Waals surface area (Å²) in [4.78, 5) is 12.1. The normalized spacial score (nSPS) is 20.5. The molecule has 0 saturated heterocycles. The fraction of sp³-hybridized carbons (Fsp3) is 0.400. The first-order valence-corrected chi connectivity index (χ1v) is 7.69. The van der Waals surface area contributed by atoms with Crippen molar-refractivity contribution < 1.29 is 9.53 Å². The lowest BCUT2D eigenvalue weighted by atomic mass is 10.1. The number of hydrogen-bond acceptors (Lipinski definition) is 4. The molecule has 2 heterocycles. The Morgan fingerprint density at radius 2 is 2.09 bits per heavy atom. The van der Waals surface area contributed by atoms with Gasteiger partial charge in [-0.3, -0.25) is 4.79 Å². The van der Waals surface area contributed by atoms with Crippen molar-refractivity contribution in [2.75, 3.05) is 0 Å². The van der Waals surface area contributed by atoms with Crippen LogP contribution in [-0.2, 0) is 17.9 Å². The minimum Gasteiger partial charge on any atom is -0.365 e. The second kappa shape index (κ2) is 5.37. The van der Waals surface area contributed by atoms with Gasteiger partial charge in [-0.1, -0.05) is 28.9 Å². The zero-order chi connectivity index (χ0) is 15.1. The van der Waals surface area contributed by atoms with Crippen LogP contribution in [-0.4, -0.2) is 26.9 Å². The molecule has 0 bridgehead atoms. The summed E-state index contributed by atoms with van der Waals surface area (Å²) in [6.45, 7) is 0.869. The highest BCUT2D eigenvalue weighted by Crippen LogP contribution is 2.28. The summed E-state index contributed by atoms with van der Waals surface area (Å²) in [5.74, 6) is -0.155. The lowest BCUT2D eigenvalue weighted by Gasteiger charge is -2.24. The van der Waals surface area contributed by atoms with Gasteiger partial charge in [0.05, 0.1) is 18.8 Å². The molecule has 2 aromatic rings. The smallest absolute Gasteiger partial charge is 0.274 e. The Bertz CT molecular complexity index is 709. The summed E-state index contributed by atoms with van der Waals surface area (Å²) in [5, 5.41) is 11.7. The van der Waals surface area contributed by atoms with Crippen molar-refractivity contribution in [1.82, 2.24) is 20.3 Å². The Labute approximate surface area is 132 Å². The molecule has 1 aliphatic heterocycles. The molecule has 0 radical (unpaired) electrons. The van der Waals surface area contributed by atoms with Gasteiger partial charge in [-0.15, -0.1) is 5.10 Å². The molecule has 1 saturated carbocycles. The predicted octanol–water partition coefficient (Wildman–Crippen LogP) is 2.10. The van der Waals surface area contributed by atoms with Crippen molar-refractivity contribution in [3.05, 3.63) is 46.2 Å². The third kappa shape index (κ3) is 2.60. The topological polar surface area (TPSA) is 69.0 Å². The number of halogens is 1. The van der Waals surface area contributed by atoms with E-state index in [1.165, 1.54) is 0 Å². The van der Waals surface area contributed by atoms with E-state index in [2.05, 4.69) is 15.6 Å². The van der Waals surface area contributed by atoms with Crippen LogP contribution in [0.2, 0.25) is 5.02 Å². The Morgan fingerprint density at radius 1 is 1.32 bits per heavy atom. The van der Waals surface area contributed by atoms with E-state index >= 15 is 0 Å². The predicted molar refractivity (Wildman–Crippen MR) is 79.5 cm³/mol. The SMILES string of the molecule is O=C(NC1CC1)c1nnn2c1COC(c1ccc(Cl)cc1)C2. The Morgan fingerprint density at radius 3 is 2.82 bits per heavy atom. The number of aromatic nitrogens is 3. The highest BCUT2D eigenvalue weighted by molar-refractivity contribution is 6.30. The van der Waals surface area contributed by atoms with E-state index in [0.29, 0.717) is 29.9 Å². The van der Waals surface area contributed by atoms with Gasteiger partial charge < -0.3 is 10.1 Å². The average molecular weight is 319 g/mol. The van der Waals surface area contributed by atoms with Crippen LogP contribution in [0.25, 0.3) is 0 Å². The van der Waals surface area contributed by atoms with Crippen molar-refractivity contribution in [2.45, 2.75) is 38.1 Å². The van der Waals surface area contributed by atoms with Crippen LogP contribution in [0.1, 0.15) is 40.7 Å². The molecule has 1 aromatic heterocycles. The molecule has 4 rings (SSSR count). The monoisotopic (exact) mass is 318 g/mol. The van der Waals surface area contributed by atoms with E-state index in [1.54, 1.807) is 4.68 Å². The first kappa shape index (κ1) is 13.7. The third-order valence-corrected chi connectivity index (χ3v) is 4.22. The zero-order valence-corrected chi connectivity index (χ0v) is 12.6. The summed E-state index contributed by atoms with van der Waals surface area (Å²) in [5.41, 5.74) is 2.15. The number of fused-ring (bicyclic) bond motifs is 1. The summed E-state index contributed by atoms with van der Waals surface area (Å²) < 4.78 is 7.63. The van der Waals surface area contributed by atoms with E-state index in [0.717, 1.165) is 24.1 Å². The van der Waals surface area contributed by atoms with Gasteiger partial charge >= 0.3 is 0 Å². The Kier molecular flexibility index (Phi) is 3.35. The van der Waals surface area contributed by atoms with Crippen molar-refractivity contribution in [3.63, 3.8) is 0 Å². The van der Waals surface area contributed by atoms with E-state index in [-0.39, 0.29) is 12.0 Å². The second-order valence-electron chi connectivity index (χ2n) is 5.67. The molecular formula is C15H15ClN4O2. The maximum atomic E-state index is 12.1. The fourth-order valence-corrected chi connectivity index (χ4v) is 2.67. The number of carbonyl (C=O) groups excluding carboxylic acids is 1. The number of carbonyl (C=O) groups is 1. The molecule has 6 nitrogen and oxygen atoms in total. The Balaban J connectivity index is 1.53. The number of nitrogens with one attached hydrogen (secondary N) is 1. The minimum atomic E-state index is -0.155. The molecule has 22 heavy (non-hydrogen) atoms.